The fourth-order valence-corrected chi connectivity index (χ4v) is 2.28. The molecule has 2 N–H and O–H groups in total. The SMILES string of the molecule is CCN1C(N)=NCC1c1cc(OC)ccc1OC. The van der Waals surface area contributed by atoms with Crippen LogP contribution in [0.1, 0.15) is 18.5 Å². The molecule has 1 unspecified atom stereocenters. The molecule has 0 aromatic heterocycles. The molecule has 98 valence electrons. The van der Waals surface area contributed by atoms with Gasteiger partial charge in [-0.05, 0) is 25.1 Å². The zero-order valence-corrected chi connectivity index (χ0v) is 11.0. The highest BCUT2D eigenvalue weighted by molar-refractivity contribution is 5.80. The summed E-state index contributed by atoms with van der Waals surface area (Å²) < 4.78 is 10.7. The first kappa shape index (κ1) is 12.5. The topological polar surface area (TPSA) is 60.1 Å². The number of likely N-dealkylation sites (N-methyl/N-ethyl adjacent to an activating group) is 1. The third-order valence-electron chi connectivity index (χ3n) is 3.23. The van der Waals surface area contributed by atoms with Crippen LogP contribution in [-0.4, -0.2) is 38.2 Å². The Hall–Kier alpha value is -1.91. The van der Waals surface area contributed by atoms with E-state index in [2.05, 4.69) is 16.8 Å². The summed E-state index contributed by atoms with van der Waals surface area (Å²) in [5.74, 6) is 2.24. The maximum Gasteiger partial charge on any atom is 0.191 e. The van der Waals surface area contributed by atoms with Gasteiger partial charge in [-0.15, -0.1) is 0 Å². The quantitative estimate of drug-likeness (QED) is 0.876. The summed E-state index contributed by atoms with van der Waals surface area (Å²) in [5, 5.41) is 0. The van der Waals surface area contributed by atoms with Crippen LogP contribution in [0.3, 0.4) is 0 Å². The number of aliphatic imine (C=N–C) groups is 1. The van der Waals surface area contributed by atoms with Crippen molar-refractivity contribution in [3.8, 4) is 11.5 Å². The monoisotopic (exact) mass is 249 g/mol. The predicted molar refractivity (Wildman–Crippen MR) is 71.2 cm³/mol. The van der Waals surface area contributed by atoms with E-state index >= 15 is 0 Å². The van der Waals surface area contributed by atoms with Gasteiger partial charge >= 0.3 is 0 Å². The van der Waals surface area contributed by atoms with Gasteiger partial charge in [0.1, 0.15) is 11.5 Å². The van der Waals surface area contributed by atoms with Crippen LogP contribution in [0.15, 0.2) is 23.2 Å². The van der Waals surface area contributed by atoms with Crippen molar-refractivity contribution in [2.75, 3.05) is 27.3 Å². The molecule has 1 atom stereocenters. The number of rotatable bonds is 4. The van der Waals surface area contributed by atoms with Crippen LogP contribution >= 0.6 is 0 Å². The molecular weight excluding hydrogens is 230 g/mol. The summed E-state index contributed by atoms with van der Waals surface area (Å²) in [6, 6.07) is 5.91. The maximum absolute atomic E-state index is 5.88. The zero-order valence-electron chi connectivity index (χ0n) is 11.0. The van der Waals surface area contributed by atoms with Crippen LogP contribution in [0.25, 0.3) is 0 Å². The molecule has 1 aliphatic heterocycles. The number of ether oxygens (including phenoxy) is 2. The Morgan fingerprint density at radius 3 is 2.78 bits per heavy atom. The normalized spacial score (nSPS) is 18.7. The Labute approximate surface area is 107 Å². The van der Waals surface area contributed by atoms with Gasteiger partial charge in [-0.2, -0.15) is 0 Å². The molecule has 1 aromatic carbocycles. The average Bonchev–Trinajstić information content (AvgIpc) is 2.78. The van der Waals surface area contributed by atoms with E-state index in [0.717, 1.165) is 23.6 Å². The Balaban J connectivity index is 2.37. The number of benzene rings is 1. The number of hydrogen-bond donors (Lipinski definition) is 1. The highest BCUT2D eigenvalue weighted by atomic mass is 16.5. The summed E-state index contributed by atoms with van der Waals surface area (Å²) in [7, 11) is 3.32. The van der Waals surface area contributed by atoms with Crippen LogP contribution in [0.5, 0.6) is 11.5 Å². The molecule has 18 heavy (non-hydrogen) atoms. The van der Waals surface area contributed by atoms with Crippen LogP contribution in [-0.2, 0) is 0 Å². The Kier molecular flexibility index (Phi) is 3.60. The van der Waals surface area contributed by atoms with E-state index in [1.165, 1.54) is 0 Å². The lowest BCUT2D eigenvalue weighted by molar-refractivity contribution is 0.340. The van der Waals surface area contributed by atoms with Crippen molar-refractivity contribution in [2.24, 2.45) is 10.7 Å². The standard InChI is InChI=1S/C13H19N3O2/c1-4-16-11(8-15-13(16)14)10-7-9(17-2)5-6-12(10)18-3/h5-7,11H,4,8H2,1-3H3,(H2,14,15). The van der Waals surface area contributed by atoms with Crippen molar-refractivity contribution in [3.05, 3.63) is 23.8 Å². The molecule has 1 aromatic rings. The summed E-state index contributed by atoms with van der Waals surface area (Å²) in [4.78, 5) is 6.37. The lowest BCUT2D eigenvalue weighted by Crippen LogP contribution is -2.35. The number of hydrogen-bond acceptors (Lipinski definition) is 5. The second kappa shape index (κ2) is 5.16. The lowest BCUT2D eigenvalue weighted by Gasteiger charge is -2.26. The molecule has 0 radical (unpaired) electrons. The van der Waals surface area contributed by atoms with Gasteiger partial charge in [0, 0.05) is 12.1 Å². The smallest absolute Gasteiger partial charge is 0.191 e. The first-order valence-electron chi connectivity index (χ1n) is 5.99. The van der Waals surface area contributed by atoms with Crippen molar-refractivity contribution in [1.82, 2.24) is 4.90 Å². The molecule has 0 saturated heterocycles. The van der Waals surface area contributed by atoms with E-state index in [0.29, 0.717) is 12.5 Å². The Morgan fingerprint density at radius 1 is 1.39 bits per heavy atom. The molecule has 0 bridgehead atoms. The largest absolute Gasteiger partial charge is 0.497 e. The van der Waals surface area contributed by atoms with Gasteiger partial charge in [-0.1, -0.05) is 0 Å². The van der Waals surface area contributed by atoms with E-state index < -0.39 is 0 Å². The highest BCUT2D eigenvalue weighted by Crippen LogP contribution is 2.34. The molecule has 5 nitrogen and oxygen atoms in total. The minimum atomic E-state index is 0.125. The van der Waals surface area contributed by atoms with Crippen molar-refractivity contribution >= 4 is 5.96 Å². The molecule has 0 aliphatic carbocycles. The van der Waals surface area contributed by atoms with Gasteiger partial charge in [0.05, 0.1) is 26.8 Å². The van der Waals surface area contributed by atoms with Gasteiger partial charge in [0.25, 0.3) is 0 Å². The summed E-state index contributed by atoms with van der Waals surface area (Å²) in [6.07, 6.45) is 0. The second-order valence-electron chi connectivity index (χ2n) is 4.11. The third-order valence-corrected chi connectivity index (χ3v) is 3.23. The van der Waals surface area contributed by atoms with Crippen molar-refractivity contribution < 1.29 is 9.47 Å². The van der Waals surface area contributed by atoms with E-state index in [9.17, 15) is 0 Å². The third kappa shape index (κ3) is 2.08. The summed E-state index contributed by atoms with van der Waals surface area (Å²) in [6.45, 7) is 3.54. The van der Waals surface area contributed by atoms with E-state index in [1.807, 2.05) is 18.2 Å². The maximum atomic E-state index is 5.88. The van der Waals surface area contributed by atoms with Crippen molar-refractivity contribution in [3.63, 3.8) is 0 Å². The Bertz CT molecular complexity index is 460. The molecule has 0 amide bonds. The Morgan fingerprint density at radius 2 is 2.17 bits per heavy atom. The lowest BCUT2D eigenvalue weighted by atomic mass is 10.0. The average molecular weight is 249 g/mol. The fourth-order valence-electron chi connectivity index (χ4n) is 2.28. The molecule has 0 fully saturated rings. The van der Waals surface area contributed by atoms with Crippen LogP contribution in [0, 0.1) is 0 Å². The molecular formula is C13H19N3O2. The molecule has 0 saturated carbocycles. The molecule has 5 heteroatoms. The van der Waals surface area contributed by atoms with E-state index in [4.69, 9.17) is 15.2 Å². The molecule has 0 spiro atoms. The number of nitrogens with two attached hydrogens (primary N) is 1. The van der Waals surface area contributed by atoms with Crippen molar-refractivity contribution in [1.29, 1.82) is 0 Å². The van der Waals surface area contributed by atoms with Crippen LogP contribution in [0.2, 0.25) is 0 Å². The first-order chi connectivity index (χ1) is 8.71. The van der Waals surface area contributed by atoms with Gasteiger partial charge in [-0.3, -0.25) is 4.99 Å². The van der Waals surface area contributed by atoms with E-state index in [-0.39, 0.29) is 6.04 Å². The number of methoxy groups -OCH3 is 2. The van der Waals surface area contributed by atoms with Crippen LogP contribution in [0.4, 0.5) is 0 Å². The van der Waals surface area contributed by atoms with Gasteiger partial charge in [0.15, 0.2) is 5.96 Å². The molecule has 1 aliphatic rings. The first-order valence-corrected chi connectivity index (χ1v) is 5.99. The van der Waals surface area contributed by atoms with Gasteiger partial charge in [-0.25, -0.2) is 0 Å². The number of nitrogens with zero attached hydrogens (tertiary/aromatic N) is 2. The second-order valence-corrected chi connectivity index (χ2v) is 4.11. The summed E-state index contributed by atoms with van der Waals surface area (Å²) in [5.41, 5.74) is 6.94. The minimum absolute atomic E-state index is 0.125. The number of guanidine groups is 1. The van der Waals surface area contributed by atoms with Crippen LogP contribution < -0.4 is 15.2 Å². The summed E-state index contributed by atoms with van der Waals surface area (Å²) >= 11 is 0. The van der Waals surface area contributed by atoms with Gasteiger partial charge < -0.3 is 20.1 Å². The molecule has 2 rings (SSSR count). The van der Waals surface area contributed by atoms with E-state index in [1.54, 1.807) is 14.2 Å². The van der Waals surface area contributed by atoms with Gasteiger partial charge in [0.2, 0.25) is 0 Å². The highest BCUT2D eigenvalue weighted by Gasteiger charge is 2.28. The minimum Gasteiger partial charge on any atom is -0.497 e. The fraction of sp³-hybridized carbons (Fsp3) is 0.462. The molecule has 1 heterocycles. The van der Waals surface area contributed by atoms with Crippen molar-refractivity contribution in [2.45, 2.75) is 13.0 Å². The predicted octanol–water partition coefficient (Wildman–Crippen LogP) is 1.40. The zero-order chi connectivity index (χ0) is 13.1.